The number of rotatable bonds is 1. The number of nitrogens with zero attached hydrogens (tertiary/aromatic N) is 1. The van der Waals surface area contributed by atoms with Crippen LogP contribution < -0.4 is 10.6 Å². The highest BCUT2D eigenvalue weighted by Crippen LogP contribution is 2.28. The molecular formula is C10H17N3. The maximum atomic E-state index is 4.78. The molecule has 1 saturated carbocycles. The molecule has 2 unspecified atom stereocenters. The van der Waals surface area contributed by atoms with Gasteiger partial charge in [-0.05, 0) is 12.8 Å². The average Bonchev–Trinajstić information content (AvgIpc) is 2.78. The van der Waals surface area contributed by atoms with E-state index in [-0.39, 0.29) is 0 Å². The zero-order valence-electron chi connectivity index (χ0n) is 7.92. The van der Waals surface area contributed by atoms with Crippen LogP contribution >= 0.6 is 0 Å². The lowest BCUT2D eigenvalue weighted by Gasteiger charge is -2.12. The second-order valence-electron chi connectivity index (χ2n) is 4.47. The summed E-state index contributed by atoms with van der Waals surface area (Å²) in [7, 11) is 0. The van der Waals surface area contributed by atoms with Gasteiger partial charge >= 0.3 is 0 Å². The van der Waals surface area contributed by atoms with E-state index < -0.39 is 0 Å². The number of hydrogen-bond donors (Lipinski definition) is 2. The third-order valence-corrected chi connectivity index (χ3v) is 3.56. The van der Waals surface area contributed by atoms with Crippen LogP contribution in [0.15, 0.2) is 4.99 Å². The Morgan fingerprint density at radius 3 is 2.77 bits per heavy atom. The number of nitrogens with one attached hydrogen (secondary N) is 2. The fraction of sp³-hybridized carbons (Fsp3) is 0.900. The van der Waals surface area contributed by atoms with Crippen molar-refractivity contribution in [3.8, 4) is 0 Å². The first-order chi connectivity index (χ1) is 6.43. The van der Waals surface area contributed by atoms with E-state index in [0.717, 1.165) is 19.0 Å². The summed E-state index contributed by atoms with van der Waals surface area (Å²) in [6, 6.07) is 1.14. The monoisotopic (exact) mass is 179 g/mol. The van der Waals surface area contributed by atoms with Crippen molar-refractivity contribution in [3.05, 3.63) is 0 Å². The molecule has 0 bridgehead atoms. The Morgan fingerprint density at radius 2 is 2.00 bits per heavy atom. The molecule has 2 aliphatic heterocycles. The van der Waals surface area contributed by atoms with Crippen molar-refractivity contribution in [2.45, 2.75) is 37.8 Å². The van der Waals surface area contributed by atoms with Gasteiger partial charge in [0.1, 0.15) is 5.84 Å². The van der Waals surface area contributed by atoms with Crippen molar-refractivity contribution >= 4 is 5.84 Å². The summed E-state index contributed by atoms with van der Waals surface area (Å²) in [4.78, 5) is 4.78. The van der Waals surface area contributed by atoms with Crippen molar-refractivity contribution in [2.24, 2.45) is 10.9 Å². The zero-order chi connectivity index (χ0) is 8.67. The fourth-order valence-electron chi connectivity index (χ4n) is 2.78. The molecule has 2 heterocycles. The number of hydrogen-bond acceptors (Lipinski definition) is 3. The second-order valence-corrected chi connectivity index (χ2v) is 4.47. The minimum Gasteiger partial charge on any atom is -0.367 e. The van der Waals surface area contributed by atoms with E-state index in [0.29, 0.717) is 12.1 Å². The third kappa shape index (κ3) is 1.26. The summed E-state index contributed by atoms with van der Waals surface area (Å²) in [5, 5.41) is 6.95. The Labute approximate surface area is 79.0 Å². The van der Waals surface area contributed by atoms with Gasteiger partial charge in [-0.1, -0.05) is 12.8 Å². The molecule has 0 spiro atoms. The van der Waals surface area contributed by atoms with Gasteiger partial charge in [0.05, 0.1) is 12.1 Å². The van der Waals surface area contributed by atoms with Crippen LogP contribution in [0.1, 0.15) is 25.7 Å². The Balaban J connectivity index is 1.72. The van der Waals surface area contributed by atoms with E-state index in [1.54, 1.807) is 0 Å². The van der Waals surface area contributed by atoms with Crippen LogP contribution in [0, 0.1) is 5.92 Å². The standard InChI is InChI=1S/C10H17N3/c1-2-4-7(3-1)10-12-8-5-11-6-9(8)13-10/h7-9,11H,1-6H2,(H,12,13). The first kappa shape index (κ1) is 7.80. The Bertz CT molecular complexity index is 230. The van der Waals surface area contributed by atoms with Crippen LogP contribution in [0.4, 0.5) is 0 Å². The Morgan fingerprint density at radius 1 is 1.15 bits per heavy atom. The first-order valence-corrected chi connectivity index (χ1v) is 5.48. The van der Waals surface area contributed by atoms with Gasteiger partial charge in [0.15, 0.2) is 0 Å². The highest BCUT2D eigenvalue weighted by molar-refractivity contribution is 5.87. The lowest BCUT2D eigenvalue weighted by molar-refractivity contribution is 0.623. The summed E-state index contributed by atoms with van der Waals surface area (Å²) in [5.74, 6) is 2.10. The minimum atomic E-state index is 0.538. The Kier molecular flexibility index (Phi) is 1.79. The van der Waals surface area contributed by atoms with E-state index in [9.17, 15) is 0 Å². The molecule has 0 aromatic heterocycles. The molecule has 0 aromatic carbocycles. The largest absolute Gasteiger partial charge is 0.367 e. The number of amidine groups is 1. The van der Waals surface area contributed by atoms with Gasteiger partial charge in [0, 0.05) is 19.0 Å². The quantitative estimate of drug-likeness (QED) is 0.615. The summed E-state index contributed by atoms with van der Waals surface area (Å²) in [6.45, 7) is 2.18. The first-order valence-electron chi connectivity index (χ1n) is 5.48. The lowest BCUT2D eigenvalue weighted by Crippen LogP contribution is -2.37. The van der Waals surface area contributed by atoms with Crippen LogP contribution in [0.3, 0.4) is 0 Å². The molecule has 1 saturated heterocycles. The van der Waals surface area contributed by atoms with E-state index in [1.807, 2.05) is 0 Å². The third-order valence-electron chi connectivity index (χ3n) is 3.56. The van der Waals surface area contributed by atoms with Crippen molar-refractivity contribution in [2.75, 3.05) is 13.1 Å². The molecule has 3 nitrogen and oxygen atoms in total. The average molecular weight is 179 g/mol. The van der Waals surface area contributed by atoms with Crippen molar-refractivity contribution < 1.29 is 0 Å². The molecule has 1 aliphatic carbocycles. The van der Waals surface area contributed by atoms with Crippen LogP contribution in [0.25, 0.3) is 0 Å². The lowest BCUT2D eigenvalue weighted by atomic mass is 10.1. The topological polar surface area (TPSA) is 36.4 Å². The highest BCUT2D eigenvalue weighted by atomic mass is 15.2. The predicted octanol–water partition coefficient (Wildman–Crippen LogP) is 0.519. The van der Waals surface area contributed by atoms with Crippen molar-refractivity contribution in [3.63, 3.8) is 0 Å². The molecule has 3 aliphatic rings. The molecule has 0 amide bonds. The van der Waals surface area contributed by atoms with Gasteiger partial charge in [0.25, 0.3) is 0 Å². The maximum Gasteiger partial charge on any atom is 0.100 e. The fourth-order valence-corrected chi connectivity index (χ4v) is 2.78. The smallest absolute Gasteiger partial charge is 0.100 e. The molecule has 0 radical (unpaired) electrons. The summed E-state index contributed by atoms with van der Waals surface area (Å²) < 4.78 is 0. The van der Waals surface area contributed by atoms with Gasteiger partial charge in [-0.3, -0.25) is 4.99 Å². The van der Waals surface area contributed by atoms with E-state index in [1.165, 1.54) is 31.5 Å². The van der Waals surface area contributed by atoms with Gasteiger partial charge < -0.3 is 10.6 Å². The molecule has 2 fully saturated rings. The molecule has 0 aromatic rings. The van der Waals surface area contributed by atoms with Crippen LogP contribution in [0.2, 0.25) is 0 Å². The van der Waals surface area contributed by atoms with E-state index in [4.69, 9.17) is 4.99 Å². The van der Waals surface area contributed by atoms with E-state index in [2.05, 4.69) is 10.6 Å². The zero-order valence-corrected chi connectivity index (χ0v) is 7.92. The molecular weight excluding hydrogens is 162 g/mol. The number of aliphatic imine (C=N–C) groups is 1. The van der Waals surface area contributed by atoms with Gasteiger partial charge in [-0.2, -0.15) is 0 Å². The van der Waals surface area contributed by atoms with Crippen LogP contribution in [0.5, 0.6) is 0 Å². The highest BCUT2D eigenvalue weighted by Gasteiger charge is 2.35. The molecule has 13 heavy (non-hydrogen) atoms. The predicted molar refractivity (Wildman–Crippen MR) is 53.0 cm³/mol. The molecule has 2 N–H and O–H groups in total. The molecule has 3 rings (SSSR count). The minimum absolute atomic E-state index is 0.538. The SMILES string of the molecule is C1CCC(C2=NC3CNCC3N2)C1. The normalized spacial score (nSPS) is 38.9. The summed E-state index contributed by atoms with van der Waals surface area (Å²) >= 11 is 0. The van der Waals surface area contributed by atoms with Crippen molar-refractivity contribution in [1.82, 2.24) is 10.6 Å². The van der Waals surface area contributed by atoms with Gasteiger partial charge in [-0.25, -0.2) is 0 Å². The van der Waals surface area contributed by atoms with Crippen LogP contribution in [-0.2, 0) is 0 Å². The Hall–Kier alpha value is -0.570. The van der Waals surface area contributed by atoms with Gasteiger partial charge in [0.2, 0.25) is 0 Å². The molecule has 3 heteroatoms. The molecule has 2 atom stereocenters. The number of fused-ring (bicyclic) bond motifs is 1. The van der Waals surface area contributed by atoms with Crippen LogP contribution in [-0.4, -0.2) is 31.0 Å². The second kappa shape index (κ2) is 2.98. The van der Waals surface area contributed by atoms with Crippen molar-refractivity contribution in [1.29, 1.82) is 0 Å². The summed E-state index contributed by atoms with van der Waals surface area (Å²) in [5.41, 5.74) is 0. The molecule has 72 valence electrons. The van der Waals surface area contributed by atoms with Gasteiger partial charge in [-0.15, -0.1) is 0 Å². The summed E-state index contributed by atoms with van der Waals surface area (Å²) in [6.07, 6.45) is 5.52. The van der Waals surface area contributed by atoms with E-state index >= 15 is 0 Å². The maximum absolute atomic E-state index is 4.78.